The van der Waals surface area contributed by atoms with Gasteiger partial charge in [0.15, 0.2) is 0 Å². The van der Waals surface area contributed by atoms with Crippen molar-refractivity contribution in [3.63, 3.8) is 0 Å². The van der Waals surface area contributed by atoms with Crippen LogP contribution in [0, 0.1) is 5.92 Å². The van der Waals surface area contributed by atoms with Gasteiger partial charge >= 0.3 is 0 Å². The highest BCUT2D eigenvalue weighted by Gasteiger charge is 2.24. The first-order valence-corrected chi connectivity index (χ1v) is 9.18. The summed E-state index contributed by atoms with van der Waals surface area (Å²) in [5, 5.41) is 10.2. The zero-order valence-electron chi connectivity index (χ0n) is 15.0. The van der Waals surface area contributed by atoms with E-state index in [1.165, 1.54) is 12.0 Å². The zero-order valence-corrected chi connectivity index (χ0v) is 15.0. The second-order valence-corrected chi connectivity index (χ2v) is 7.07. The fraction of sp³-hybridized carbons (Fsp3) is 0.476. The Kier molecular flexibility index (Phi) is 6.42. The van der Waals surface area contributed by atoms with E-state index in [0.717, 1.165) is 43.7 Å². The van der Waals surface area contributed by atoms with Gasteiger partial charge in [0.25, 0.3) is 0 Å². The SMILES string of the molecule is CN(Cc1ccccc1OCc1cccnc1)CC1CCCCC1O. The van der Waals surface area contributed by atoms with E-state index in [4.69, 9.17) is 4.74 Å². The van der Waals surface area contributed by atoms with Gasteiger partial charge in [0.1, 0.15) is 12.4 Å². The van der Waals surface area contributed by atoms with E-state index < -0.39 is 0 Å². The van der Waals surface area contributed by atoms with E-state index in [-0.39, 0.29) is 6.10 Å². The maximum Gasteiger partial charge on any atom is 0.124 e. The predicted molar refractivity (Wildman–Crippen MR) is 99.3 cm³/mol. The van der Waals surface area contributed by atoms with Gasteiger partial charge in [-0.15, -0.1) is 0 Å². The molecular formula is C21H28N2O2. The van der Waals surface area contributed by atoms with E-state index in [2.05, 4.69) is 29.1 Å². The summed E-state index contributed by atoms with van der Waals surface area (Å²) in [4.78, 5) is 6.43. The molecule has 0 saturated heterocycles. The summed E-state index contributed by atoms with van der Waals surface area (Å²) < 4.78 is 6.02. The molecule has 0 bridgehead atoms. The summed E-state index contributed by atoms with van der Waals surface area (Å²) >= 11 is 0. The molecule has 2 atom stereocenters. The Morgan fingerprint density at radius 3 is 2.80 bits per heavy atom. The molecule has 2 unspecified atom stereocenters. The van der Waals surface area contributed by atoms with Crippen LogP contribution in [0.5, 0.6) is 5.75 Å². The van der Waals surface area contributed by atoms with Crippen LogP contribution in [0.4, 0.5) is 0 Å². The molecule has 2 aromatic rings. The summed E-state index contributed by atoms with van der Waals surface area (Å²) in [7, 11) is 2.12. The summed E-state index contributed by atoms with van der Waals surface area (Å²) in [6, 6.07) is 12.1. The third kappa shape index (κ3) is 5.28. The third-order valence-electron chi connectivity index (χ3n) is 4.95. The van der Waals surface area contributed by atoms with Crippen LogP contribution in [0.15, 0.2) is 48.8 Å². The van der Waals surface area contributed by atoms with Crippen molar-refractivity contribution < 1.29 is 9.84 Å². The van der Waals surface area contributed by atoms with Crippen molar-refractivity contribution >= 4 is 0 Å². The lowest BCUT2D eigenvalue weighted by Crippen LogP contribution is -2.34. The Balaban J connectivity index is 1.58. The molecule has 1 aromatic heterocycles. The number of para-hydroxylation sites is 1. The largest absolute Gasteiger partial charge is 0.489 e. The molecule has 0 spiro atoms. The van der Waals surface area contributed by atoms with E-state index in [1.807, 2.05) is 30.5 Å². The van der Waals surface area contributed by atoms with Gasteiger partial charge in [-0.2, -0.15) is 0 Å². The van der Waals surface area contributed by atoms with Gasteiger partial charge in [0.05, 0.1) is 6.10 Å². The average molecular weight is 340 g/mol. The minimum atomic E-state index is -0.145. The summed E-state index contributed by atoms with van der Waals surface area (Å²) in [5.74, 6) is 1.31. The van der Waals surface area contributed by atoms with Crippen LogP contribution in [0.25, 0.3) is 0 Å². The molecule has 1 aliphatic rings. The number of rotatable bonds is 7. The van der Waals surface area contributed by atoms with Crippen LogP contribution in [-0.4, -0.2) is 34.7 Å². The Morgan fingerprint density at radius 1 is 1.16 bits per heavy atom. The summed E-state index contributed by atoms with van der Waals surface area (Å²) in [6.45, 7) is 2.28. The first-order chi connectivity index (χ1) is 12.2. The lowest BCUT2D eigenvalue weighted by molar-refractivity contribution is 0.0500. The van der Waals surface area contributed by atoms with Gasteiger partial charge < -0.3 is 14.7 Å². The highest BCUT2D eigenvalue weighted by Crippen LogP contribution is 2.26. The van der Waals surface area contributed by atoms with Crippen LogP contribution in [-0.2, 0) is 13.2 Å². The number of hydrogen-bond donors (Lipinski definition) is 1. The van der Waals surface area contributed by atoms with Crippen molar-refractivity contribution in [3.8, 4) is 5.75 Å². The van der Waals surface area contributed by atoms with Gasteiger partial charge in [-0.25, -0.2) is 0 Å². The van der Waals surface area contributed by atoms with Crippen LogP contribution >= 0.6 is 0 Å². The normalized spacial score (nSPS) is 20.6. The van der Waals surface area contributed by atoms with Crippen molar-refractivity contribution in [1.29, 1.82) is 0 Å². The molecule has 134 valence electrons. The quantitative estimate of drug-likeness (QED) is 0.836. The fourth-order valence-corrected chi connectivity index (χ4v) is 3.58. The molecule has 1 saturated carbocycles. The van der Waals surface area contributed by atoms with Gasteiger partial charge in [-0.3, -0.25) is 4.98 Å². The fourth-order valence-electron chi connectivity index (χ4n) is 3.58. The zero-order chi connectivity index (χ0) is 17.5. The lowest BCUT2D eigenvalue weighted by atomic mass is 9.86. The molecular weight excluding hydrogens is 312 g/mol. The maximum absolute atomic E-state index is 10.2. The molecule has 25 heavy (non-hydrogen) atoms. The lowest BCUT2D eigenvalue weighted by Gasteiger charge is -2.31. The van der Waals surface area contributed by atoms with E-state index in [9.17, 15) is 5.11 Å². The third-order valence-corrected chi connectivity index (χ3v) is 4.95. The van der Waals surface area contributed by atoms with Gasteiger partial charge in [-0.05, 0) is 37.9 Å². The molecule has 3 rings (SSSR count). The van der Waals surface area contributed by atoms with Crippen LogP contribution < -0.4 is 4.74 Å². The van der Waals surface area contributed by atoms with Crippen molar-refractivity contribution in [1.82, 2.24) is 9.88 Å². The minimum absolute atomic E-state index is 0.145. The van der Waals surface area contributed by atoms with E-state index in [0.29, 0.717) is 12.5 Å². The van der Waals surface area contributed by atoms with Gasteiger partial charge in [-0.1, -0.05) is 37.1 Å². The van der Waals surface area contributed by atoms with E-state index >= 15 is 0 Å². The first-order valence-electron chi connectivity index (χ1n) is 9.18. The Labute approximate surface area is 150 Å². The molecule has 0 amide bonds. The highest BCUT2D eigenvalue weighted by molar-refractivity contribution is 5.33. The molecule has 0 aliphatic heterocycles. The van der Waals surface area contributed by atoms with Crippen molar-refractivity contribution in [2.75, 3.05) is 13.6 Å². The second kappa shape index (κ2) is 8.97. The maximum atomic E-state index is 10.2. The van der Waals surface area contributed by atoms with E-state index in [1.54, 1.807) is 6.20 Å². The van der Waals surface area contributed by atoms with Crippen molar-refractivity contribution in [2.45, 2.75) is 44.9 Å². The number of aliphatic hydroxyl groups excluding tert-OH is 1. The summed E-state index contributed by atoms with van der Waals surface area (Å²) in [5.41, 5.74) is 2.25. The molecule has 4 nitrogen and oxygen atoms in total. The van der Waals surface area contributed by atoms with Gasteiger partial charge in [0, 0.05) is 36.6 Å². The predicted octanol–water partition coefficient (Wildman–Crippen LogP) is 3.64. The molecule has 1 aromatic carbocycles. The number of nitrogens with zero attached hydrogens (tertiary/aromatic N) is 2. The molecule has 4 heteroatoms. The highest BCUT2D eigenvalue weighted by atomic mass is 16.5. The molecule has 1 heterocycles. The molecule has 1 aliphatic carbocycles. The Bertz CT molecular complexity index is 647. The number of aromatic nitrogens is 1. The summed E-state index contributed by atoms with van der Waals surface area (Å²) in [6.07, 6.45) is 7.93. The van der Waals surface area contributed by atoms with Crippen LogP contribution in [0.2, 0.25) is 0 Å². The van der Waals surface area contributed by atoms with Gasteiger partial charge in [0.2, 0.25) is 0 Å². The standard InChI is InChI=1S/C21H28N2O2/c1-23(14-18-8-2-4-10-20(18)24)15-19-9-3-5-11-21(19)25-16-17-7-6-12-22-13-17/h3,5-7,9,11-13,18,20,24H,2,4,8,10,14-16H2,1H3. The topological polar surface area (TPSA) is 45.6 Å². The Morgan fingerprint density at radius 2 is 2.00 bits per heavy atom. The smallest absolute Gasteiger partial charge is 0.124 e. The average Bonchev–Trinajstić information content (AvgIpc) is 2.64. The number of pyridine rings is 1. The monoisotopic (exact) mass is 340 g/mol. The molecule has 1 N–H and O–H groups in total. The minimum Gasteiger partial charge on any atom is -0.489 e. The number of aliphatic hydroxyl groups is 1. The number of hydrogen-bond acceptors (Lipinski definition) is 4. The second-order valence-electron chi connectivity index (χ2n) is 7.07. The van der Waals surface area contributed by atoms with Crippen molar-refractivity contribution in [3.05, 3.63) is 59.9 Å². The molecule has 0 radical (unpaired) electrons. The number of benzene rings is 1. The van der Waals surface area contributed by atoms with Crippen LogP contribution in [0.3, 0.4) is 0 Å². The van der Waals surface area contributed by atoms with Crippen molar-refractivity contribution in [2.24, 2.45) is 5.92 Å². The Hall–Kier alpha value is -1.91. The first kappa shape index (κ1) is 17.9. The van der Waals surface area contributed by atoms with Crippen LogP contribution in [0.1, 0.15) is 36.8 Å². The number of ether oxygens (including phenoxy) is 1. The molecule has 1 fully saturated rings.